The topological polar surface area (TPSA) is 76.1 Å². The van der Waals surface area contributed by atoms with E-state index in [1.165, 1.54) is 11.3 Å². The monoisotopic (exact) mass is 478 g/mol. The number of para-hydroxylation sites is 1. The Morgan fingerprint density at radius 2 is 2.10 bits per heavy atom. The molecule has 2 aromatic heterocycles. The van der Waals surface area contributed by atoms with Crippen molar-refractivity contribution in [2.75, 3.05) is 6.61 Å². The van der Waals surface area contributed by atoms with Crippen LogP contribution in [-0.2, 0) is 0 Å². The summed E-state index contributed by atoms with van der Waals surface area (Å²) >= 11 is 4.71. The number of benzene rings is 2. The lowest BCUT2D eigenvalue weighted by atomic mass is 10.1. The first-order valence-corrected chi connectivity index (χ1v) is 10.8. The molecule has 0 saturated carbocycles. The molecule has 4 rings (SSSR count). The van der Waals surface area contributed by atoms with Crippen molar-refractivity contribution in [2.45, 2.75) is 6.92 Å². The van der Waals surface area contributed by atoms with Crippen LogP contribution in [0.2, 0.25) is 0 Å². The van der Waals surface area contributed by atoms with Crippen LogP contribution in [-0.4, -0.2) is 11.6 Å². The minimum Gasteiger partial charge on any atom is -0.490 e. The summed E-state index contributed by atoms with van der Waals surface area (Å²) in [5.74, 6) is 0.529. The van der Waals surface area contributed by atoms with Crippen molar-refractivity contribution in [3.05, 3.63) is 79.4 Å². The molecule has 0 fully saturated rings. The van der Waals surface area contributed by atoms with E-state index in [4.69, 9.17) is 9.15 Å². The molecular weight excluding hydrogens is 464 g/mol. The van der Waals surface area contributed by atoms with Gasteiger partial charge in [-0.3, -0.25) is 0 Å². The standard InChI is InChI=1S/C23H15BrN2O3S/c1-2-28-20-5-3-4-15-11-18(23(27)29-21(15)20)19-13-30-22(26-19)16(12-25)10-14-6-8-17(24)9-7-14/h3-11,13H,2H2,1H3/b16-10-. The van der Waals surface area contributed by atoms with Crippen LogP contribution in [0.3, 0.4) is 0 Å². The van der Waals surface area contributed by atoms with Crippen molar-refractivity contribution in [2.24, 2.45) is 0 Å². The molecule has 0 bridgehead atoms. The van der Waals surface area contributed by atoms with E-state index in [9.17, 15) is 10.1 Å². The summed E-state index contributed by atoms with van der Waals surface area (Å²) in [7, 11) is 0. The van der Waals surface area contributed by atoms with Crippen molar-refractivity contribution in [3.63, 3.8) is 0 Å². The van der Waals surface area contributed by atoms with Gasteiger partial charge in [-0.1, -0.05) is 40.2 Å². The highest BCUT2D eigenvalue weighted by Gasteiger charge is 2.15. The number of aromatic nitrogens is 1. The maximum atomic E-state index is 12.6. The van der Waals surface area contributed by atoms with Crippen molar-refractivity contribution >= 4 is 49.9 Å². The second-order valence-electron chi connectivity index (χ2n) is 6.31. The Morgan fingerprint density at radius 3 is 2.83 bits per heavy atom. The normalized spacial score (nSPS) is 11.4. The van der Waals surface area contributed by atoms with Crippen LogP contribution in [0.5, 0.6) is 5.75 Å². The Kier molecular flexibility index (Phi) is 5.79. The zero-order chi connectivity index (χ0) is 21.1. The van der Waals surface area contributed by atoms with Gasteiger partial charge >= 0.3 is 5.63 Å². The molecule has 0 amide bonds. The van der Waals surface area contributed by atoms with Gasteiger partial charge in [0.1, 0.15) is 11.1 Å². The third-order valence-electron chi connectivity index (χ3n) is 4.34. The number of rotatable bonds is 5. The summed E-state index contributed by atoms with van der Waals surface area (Å²) in [5, 5.41) is 12.6. The molecule has 0 N–H and O–H groups in total. The van der Waals surface area contributed by atoms with E-state index in [-0.39, 0.29) is 0 Å². The maximum absolute atomic E-state index is 12.6. The first-order chi connectivity index (χ1) is 14.6. The van der Waals surface area contributed by atoms with Gasteiger partial charge in [0.15, 0.2) is 11.3 Å². The summed E-state index contributed by atoms with van der Waals surface area (Å²) in [4.78, 5) is 17.1. The molecule has 0 aliphatic heterocycles. The molecule has 0 saturated heterocycles. The molecule has 0 aliphatic rings. The van der Waals surface area contributed by atoms with E-state index < -0.39 is 5.63 Å². The molecule has 7 heteroatoms. The number of halogens is 1. The second kappa shape index (κ2) is 8.66. The Balaban J connectivity index is 1.74. The fourth-order valence-corrected chi connectivity index (χ4v) is 4.00. The fraction of sp³-hybridized carbons (Fsp3) is 0.0870. The fourth-order valence-electron chi connectivity index (χ4n) is 2.95. The molecule has 148 valence electrons. The molecule has 0 radical (unpaired) electrons. The second-order valence-corrected chi connectivity index (χ2v) is 8.09. The molecule has 0 atom stereocenters. The summed E-state index contributed by atoms with van der Waals surface area (Å²) in [5.41, 5.74) is 2.06. The Morgan fingerprint density at radius 1 is 1.30 bits per heavy atom. The zero-order valence-electron chi connectivity index (χ0n) is 15.9. The number of nitriles is 1. The van der Waals surface area contributed by atoms with Gasteiger partial charge in [0.25, 0.3) is 0 Å². The number of nitrogens with zero attached hydrogens (tertiary/aromatic N) is 2. The van der Waals surface area contributed by atoms with Gasteiger partial charge in [-0.05, 0) is 42.8 Å². The molecule has 2 heterocycles. The van der Waals surface area contributed by atoms with Gasteiger partial charge < -0.3 is 9.15 Å². The van der Waals surface area contributed by atoms with Gasteiger partial charge in [-0.15, -0.1) is 11.3 Å². The third-order valence-corrected chi connectivity index (χ3v) is 5.74. The number of thiazole rings is 1. The summed E-state index contributed by atoms with van der Waals surface area (Å²) < 4.78 is 12.0. The SMILES string of the molecule is CCOc1cccc2cc(-c3csc(/C(C#N)=C\c4ccc(Br)cc4)n3)c(=O)oc12. The van der Waals surface area contributed by atoms with Gasteiger partial charge in [0.05, 0.1) is 23.4 Å². The average molecular weight is 479 g/mol. The minimum atomic E-state index is -0.498. The van der Waals surface area contributed by atoms with Crippen molar-refractivity contribution in [3.8, 4) is 23.1 Å². The van der Waals surface area contributed by atoms with E-state index in [2.05, 4.69) is 27.0 Å². The molecule has 5 nitrogen and oxygen atoms in total. The summed E-state index contributed by atoms with van der Waals surface area (Å²) in [6.07, 6.45) is 1.77. The van der Waals surface area contributed by atoms with E-state index in [1.54, 1.807) is 23.6 Å². The van der Waals surface area contributed by atoms with E-state index in [0.717, 1.165) is 15.4 Å². The van der Waals surface area contributed by atoms with Crippen LogP contribution in [0.15, 0.2) is 67.6 Å². The van der Waals surface area contributed by atoms with Crippen LogP contribution in [0.4, 0.5) is 0 Å². The molecule has 4 aromatic rings. The van der Waals surface area contributed by atoms with Crippen molar-refractivity contribution in [1.29, 1.82) is 5.26 Å². The molecular formula is C23H15BrN2O3S. The molecule has 2 aromatic carbocycles. The number of allylic oxidation sites excluding steroid dienone is 1. The lowest BCUT2D eigenvalue weighted by Gasteiger charge is -2.06. The highest BCUT2D eigenvalue weighted by atomic mass is 79.9. The van der Waals surface area contributed by atoms with Gasteiger partial charge in [-0.2, -0.15) is 5.26 Å². The Hall–Kier alpha value is -3.21. The van der Waals surface area contributed by atoms with Crippen molar-refractivity contribution < 1.29 is 9.15 Å². The van der Waals surface area contributed by atoms with Crippen molar-refractivity contribution in [1.82, 2.24) is 4.98 Å². The number of hydrogen-bond acceptors (Lipinski definition) is 6. The maximum Gasteiger partial charge on any atom is 0.345 e. The molecule has 30 heavy (non-hydrogen) atoms. The predicted molar refractivity (Wildman–Crippen MR) is 122 cm³/mol. The molecule has 0 unspecified atom stereocenters. The first kappa shape index (κ1) is 20.1. The molecule has 0 spiro atoms. The van der Waals surface area contributed by atoms with Crippen LogP contribution in [0.1, 0.15) is 17.5 Å². The Bertz CT molecular complexity index is 1350. The van der Waals surface area contributed by atoms with Gasteiger partial charge in [0.2, 0.25) is 0 Å². The largest absolute Gasteiger partial charge is 0.490 e. The quantitative estimate of drug-likeness (QED) is 0.254. The highest BCUT2D eigenvalue weighted by molar-refractivity contribution is 9.10. The highest BCUT2D eigenvalue weighted by Crippen LogP contribution is 2.30. The summed E-state index contributed by atoms with van der Waals surface area (Å²) in [6.45, 7) is 2.35. The van der Waals surface area contributed by atoms with Crippen LogP contribution < -0.4 is 10.4 Å². The number of hydrogen-bond donors (Lipinski definition) is 0. The lowest BCUT2D eigenvalue weighted by Crippen LogP contribution is -2.04. The van der Waals surface area contributed by atoms with E-state index in [0.29, 0.717) is 39.8 Å². The zero-order valence-corrected chi connectivity index (χ0v) is 18.3. The van der Waals surface area contributed by atoms with Crippen LogP contribution in [0, 0.1) is 11.3 Å². The minimum absolute atomic E-state index is 0.347. The van der Waals surface area contributed by atoms with E-state index >= 15 is 0 Å². The first-order valence-electron chi connectivity index (χ1n) is 9.12. The Labute approximate surface area is 185 Å². The van der Waals surface area contributed by atoms with Gasteiger partial charge in [-0.25, -0.2) is 9.78 Å². The predicted octanol–water partition coefficient (Wildman–Crippen LogP) is 6.14. The lowest BCUT2D eigenvalue weighted by molar-refractivity contribution is 0.337. The van der Waals surface area contributed by atoms with Crippen LogP contribution >= 0.6 is 27.3 Å². The summed E-state index contributed by atoms with van der Waals surface area (Å²) in [6, 6.07) is 17.0. The number of fused-ring (bicyclic) bond motifs is 1. The van der Waals surface area contributed by atoms with Gasteiger partial charge in [0, 0.05) is 15.2 Å². The average Bonchev–Trinajstić information content (AvgIpc) is 3.23. The third kappa shape index (κ3) is 4.06. The molecule has 0 aliphatic carbocycles. The van der Waals surface area contributed by atoms with E-state index in [1.807, 2.05) is 43.3 Å². The smallest absolute Gasteiger partial charge is 0.345 e. The van der Waals surface area contributed by atoms with Crippen LogP contribution in [0.25, 0.3) is 33.9 Å². The number of ether oxygens (including phenoxy) is 1.